The third kappa shape index (κ3) is 5.67. The van der Waals surface area contributed by atoms with E-state index in [4.69, 9.17) is 4.74 Å². The van der Waals surface area contributed by atoms with Crippen molar-refractivity contribution in [3.05, 3.63) is 28.2 Å². The largest absolute Gasteiger partial charge is 0.479 e. The maximum Gasteiger partial charge on any atom is 0.262 e. The minimum absolute atomic E-state index is 0.0492. The van der Waals surface area contributed by atoms with Gasteiger partial charge in [0.1, 0.15) is 5.75 Å². The lowest BCUT2D eigenvalue weighted by Gasteiger charge is -2.21. The highest BCUT2D eigenvalue weighted by Crippen LogP contribution is 2.30. The van der Waals surface area contributed by atoms with Crippen LogP contribution in [0.1, 0.15) is 26.3 Å². The van der Waals surface area contributed by atoms with Gasteiger partial charge in [-0.05, 0) is 41.4 Å². The summed E-state index contributed by atoms with van der Waals surface area (Å²) < 4.78 is 6.74. The Balaban J connectivity index is 2.82. The van der Waals surface area contributed by atoms with E-state index >= 15 is 0 Å². The summed E-state index contributed by atoms with van der Waals surface area (Å²) in [5, 5.41) is 3.40. The standard InChI is InChI=1S/C16H25BrN2O2/c1-11(2)9-18-10-13-7-6-8-14(17)15(13)21-12(3)16(20)19(4)5/h6-8,11-12,18H,9-10H2,1-5H3. The molecule has 0 spiro atoms. The summed E-state index contributed by atoms with van der Waals surface area (Å²) >= 11 is 3.50. The van der Waals surface area contributed by atoms with Gasteiger partial charge in [0.05, 0.1) is 4.47 Å². The van der Waals surface area contributed by atoms with E-state index in [0.29, 0.717) is 5.92 Å². The SMILES string of the molecule is CC(C)CNCc1cccc(Br)c1OC(C)C(=O)N(C)C. The van der Waals surface area contributed by atoms with Gasteiger partial charge in [0, 0.05) is 26.2 Å². The Morgan fingerprint density at radius 3 is 2.57 bits per heavy atom. The van der Waals surface area contributed by atoms with Crippen molar-refractivity contribution in [1.29, 1.82) is 0 Å². The Labute approximate surface area is 136 Å². The maximum atomic E-state index is 11.9. The number of hydrogen-bond acceptors (Lipinski definition) is 3. The van der Waals surface area contributed by atoms with Gasteiger partial charge in [-0.25, -0.2) is 0 Å². The van der Waals surface area contributed by atoms with Gasteiger partial charge in [0.2, 0.25) is 0 Å². The second-order valence-electron chi connectivity index (χ2n) is 5.75. The van der Waals surface area contributed by atoms with Crippen LogP contribution in [-0.4, -0.2) is 37.6 Å². The van der Waals surface area contributed by atoms with E-state index in [2.05, 4.69) is 35.1 Å². The first kappa shape index (κ1) is 18.0. The van der Waals surface area contributed by atoms with Crippen LogP contribution in [-0.2, 0) is 11.3 Å². The van der Waals surface area contributed by atoms with Crippen LogP contribution >= 0.6 is 15.9 Å². The predicted molar refractivity (Wildman–Crippen MR) is 89.5 cm³/mol. The average Bonchev–Trinajstić information content (AvgIpc) is 2.40. The van der Waals surface area contributed by atoms with Crippen molar-refractivity contribution in [3.8, 4) is 5.75 Å². The van der Waals surface area contributed by atoms with Crippen molar-refractivity contribution in [1.82, 2.24) is 10.2 Å². The first-order valence-corrected chi connectivity index (χ1v) is 7.98. The van der Waals surface area contributed by atoms with Crippen LogP contribution in [0.3, 0.4) is 0 Å². The fourth-order valence-corrected chi connectivity index (χ4v) is 2.41. The minimum Gasteiger partial charge on any atom is -0.479 e. The molecule has 0 bridgehead atoms. The average molecular weight is 357 g/mol. The first-order valence-electron chi connectivity index (χ1n) is 7.18. The zero-order valence-electron chi connectivity index (χ0n) is 13.4. The summed E-state index contributed by atoms with van der Waals surface area (Å²) in [5.41, 5.74) is 1.04. The van der Waals surface area contributed by atoms with Crippen molar-refractivity contribution in [2.24, 2.45) is 5.92 Å². The van der Waals surface area contributed by atoms with Gasteiger partial charge in [0.15, 0.2) is 6.10 Å². The molecule has 1 unspecified atom stereocenters. The molecule has 0 aromatic heterocycles. The predicted octanol–water partition coefficient (Wildman–Crippen LogP) is 3.05. The quantitative estimate of drug-likeness (QED) is 0.816. The molecule has 0 aliphatic carbocycles. The van der Waals surface area contributed by atoms with Crippen LogP contribution in [0.25, 0.3) is 0 Å². The van der Waals surface area contributed by atoms with Crippen molar-refractivity contribution in [2.75, 3.05) is 20.6 Å². The number of hydrogen-bond donors (Lipinski definition) is 1. The maximum absolute atomic E-state index is 11.9. The summed E-state index contributed by atoms with van der Waals surface area (Å²) in [7, 11) is 3.46. The third-order valence-electron chi connectivity index (χ3n) is 3.00. The summed E-state index contributed by atoms with van der Waals surface area (Å²) in [6.07, 6.45) is -0.512. The Morgan fingerprint density at radius 1 is 1.33 bits per heavy atom. The Kier molecular flexibility index (Phi) is 7.18. The van der Waals surface area contributed by atoms with E-state index in [9.17, 15) is 4.79 Å². The van der Waals surface area contributed by atoms with E-state index in [1.165, 1.54) is 4.90 Å². The lowest BCUT2D eigenvalue weighted by atomic mass is 10.1. The molecule has 118 valence electrons. The number of amides is 1. The molecule has 1 N–H and O–H groups in total. The molecule has 1 rings (SSSR count). The van der Waals surface area contributed by atoms with Crippen LogP contribution in [0, 0.1) is 5.92 Å². The number of nitrogens with one attached hydrogen (secondary N) is 1. The zero-order chi connectivity index (χ0) is 16.0. The van der Waals surface area contributed by atoms with Gasteiger partial charge >= 0.3 is 0 Å². The van der Waals surface area contributed by atoms with Crippen molar-refractivity contribution < 1.29 is 9.53 Å². The number of halogens is 1. The molecule has 0 saturated carbocycles. The Hall–Kier alpha value is -1.07. The van der Waals surface area contributed by atoms with Gasteiger partial charge in [-0.1, -0.05) is 26.0 Å². The molecule has 1 amide bonds. The smallest absolute Gasteiger partial charge is 0.262 e. The topological polar surface area (TPSA) is 41.6 Å². The molecule has 1 atom stereocenters. The highest BCUT2D eigenvalue weighted by atomic mass is 79.9. The van der Waals surface area contributed by atoms with Crippen molar-refractivity contribution >= 4 is 21.8 Å². The molecule has 5 heteroatoms. The zero-order valence-corrected chi connectivity index (χ0v) is 15.0. The molecule has 0 saturated heterocycles. The number of para-hydroxylation sites is 1. The van der Waals surface area contributed by atoms with E-state index in [1.807, 2.05) is 18.2 Å². The highest BCUT2D eigenvalue weighted by Gasteiger charge is 2.19. The molecule has 1 aromatic rings. The molecular formula is C16H25BrN2O2. The van der Waals surface area contributed by atoms with Crippen molar-refractivity contribution in [2.45, 2.75) is 33.4 Å². The number of ether oxygens (including phenoxy) is 1. The number of carbonyl (C=O) groups excluding carboxylic acids is 1. The minimum atomic E-state index is -0.512. The second kappa shape index (κ2) is 8.39. The van der Waals surface area contributed by atoms with Crippen LogP contribution in [0.15, 0.2) is 22.7 Å². The number of benzene rings is 1. The van der Waals surface area contributed by atoms with Crippen LogP contribution in [0.2, 0.25) is 0 Å². The van der Waals surface area contributed by atoms with E-state index in [-0.39, 0.29) is 5.91 Å². The van der Waals surface area contributed by atoms with Gasteiger partial charge in [-0.3, -0.25) is 4.79 Å². The molecule has 0 aliphatic rings. The summed E-state index contributed by atoms with van der Waals surface area (Å²) in [6, 6.07) is 5.91. The monoisotopic (exact) mass is 356 g/mol. The number of likely N-dealkylation sites (N-methyl/N-ethyl adjacent to an activating group) is 1. The molecule has 21 heavy (non-hydrogen) atoms. The van der Waals surface area contributed by atoms with E-state index in [1.54, 1.807) is 21.0 Å². The van der Waals surface area contributed by atoms with E-state index in [0.717, 1.165) is 28.9 Å². The second-order valence-corrected chi connectivity index (χ2v) is 6.60. The lowest BCUT2D eigenvalue weighted by Crippen LogP contribution is -2.35. The summed E-state index contributed by atoms with van der Waals surface area (Å²) in [5.74, 6) is 1.28. The molecular weight excluding hydrogens is 332 g/mol. The third-order valence-corrected chi connectivity index (χ3v) is 3.62. The van der Waals surface area contributed by atoms with Gasteiger partial charge in [0.25, 0.3) is 5.91 Å². The Bertz CT molecular complexity index is 475. The van der Waals surface area contributed by atoms with Crippen LogP contribution in [0.5, 0.6) is 5.75 Å². The summed E-state index contributed by atoms with van der Waals surface area (Å²) in [4.78, 5) is 13.5. The number of rotatable bonds is 7. The lowest BCUT2D eigenvalue weighted by molar-refractivity contribution is -0.135. The fourth-order valence-electron chi connectivity index (χ4n) is 1.91. The van der Waals surface area contributed by atoms with Crippen molar-refractivity contribution in [3.63, 3.8) is 0 Å². The van der Waals surface area contributed by atoms with Crippen LogP contribution < -0.4 is 10.1 Å². The molecule has 0 radical (unpaired) electrons. The number of nitrogens with zero attached hydrogens (tertiary/aromatic N) is 1. The van der Waals surface area contributed by atoms with Gasteiger partial charge in [-0.2, -0.15) is 0 Å². The molecule has 0 fully saturated rings. The molecule has 0 aliphatic heterocycles. The summed E-state index contributed by atoms with van der Waals surface area (Å²) in [6.45, 7) is 7.77. The molecule has 4 nitrogen and oxygen atoms in total. The van der Waals surface area contributed by atoms with Gasteiger partial charge < -0.3 is 15.0 Å². The fraction of sp³-hybridized carbons (Fsp3) is 0.562. The van der Waals surface area contributed by atoms with E-state index < -0.39 is 6.10 Å². The molecule has 0 heterocycles. The van der Waals surface area contributed by atoms with Gasteiger partial charge in [-0.15, -0.1) is 0 Å². The highest BCUT2D eigenvalue weighted by molar-refractivity contribution is 9.10. The number of carbonyl (C=O) groups is 1. The Morgan fingerprint density at radius 2 is 2.00 bits per heavy atom. The normalized spacial score (nSPS) is 12.3. The molecule has 1 aromatic carbocycles. The first-order chi connectivity index (χ1) is 9.82. The van der Waals surface area contributed by atoms with Crippen LogP contribution in [0.4, 0.5) is 0 Å².